The van der Waals surface area contributed by atoms with E-state index in [9.17, 15) is 18.3 Å². The molecule has 1 rings (SSSR count). The Morgan fingerprint density at radius 2 is 1.94 bits per heavy atom. The molecule has 0 aliphatic rings. The van der Waals surface area contributed by atoms with E-state index in [1.165, 1.54) is 0 Å². The molecular weight excluding hydrogens is 245 g/mol. The molecule has 0 heterocycles. The molecule has 1 aromatic carbocycles. The molecule has 1 unspecified atom stereocenters. The van der Waals surface area contributed by atoms with E-state index in [4.69, 9.17) is 4.74 Å². The molecular formula is C13H17F3O2. The van der Waals surface area contributed by atoms with Crippen LogP contribution in [0.3, 0.4) is 0 Å². The number of ether oxygens (including phenoxy) is 1. The zero-order chi connectivity index (χ0) is 13.6. The molecule has 5 heteroatoms. The number of hydrogen-bond acceptors (Lipinski definition) is 2. The van der Waals surface area contributed by atoms with Crippen LogP contribution in [-0.2, 0) is 0 Å². The number of para-hydroxylation sites is 1. The molecule has 1 atom stereocenters. The molecule has 1 aromatic rings. The van der Waals surface area contributed by atoms with Gasteiger partial charge in [-0.1, -0.05) is 25.1 Å². The maximum Gasteiger partial charge on any atom is 0.389 e. The predicted octanol–water partition coefficient (Wildman–Crippen LogP) is 3.85. The van der Waals surface area contributed by atoms with E-state index >= 15 is 0 Å². The average molecular weight is 262 g/mol. The van der Waals surface area contributed by atoms with Crippen molar-refractivity contribution in [2.24, 2.45) is 0 Å². The third-order valence-corrected chi connectivity index (χ3v) is 2.44. The van der Waals surface area contributed by atoms with Crippen LogP contribution in [0.2, 0.25) is 0 Å². The third kappa shape index (κ3) is 4.96. The van der Waals surface area contributed by atoms with Crippen LogP contribution in [0.4, 0.5) is 13.2 Å². The fraction of sp³-hybridized carbons (Fsp3) is 0.538. The predicted molar refractivity (Wildman–Crippen MR) is 62.5 cm³/mol. The molecule has 0 bridgehead atoms. The van der Waals surface area contributed by atoms with Gasteiger partial charge in [0.25, 0.3) is 0 Å². The van der Waals surface area contributed by atoms with Gasteiger partial charge in [-0.05, 0) is 18.9 Å². The summed E-state index contributed by atoms with van der Waals surface area (Å²) in [4.78, 5) is 0. The lowest BCUT2D eigenvalue weighted by molar-refractivity contribution is -0.140. The summed E-state index contributed by atoms with van der Waals surface area (Å²) in [5, 5.41) is 9.78. The van der Waals surface area contributed by atoms with Gasteiger partial charge in [-0.2, -0.15) is 13.2 Å². The topological polar surface area (TPSA) is 29.5 Å². The van der Waals surface area contributed by atoms with Gasteiger partial charge in [0.05, 0.1) is 12.7 Å². The number of aliphatic hydroxyl groups excluding tert-OH is 1. The standard InChI is InChI=1S/C13H17F3O2/c1-2-9-18-12-6-4-3-5-10(12)11(17)7-8-13(14,15)16/h3-6,11,17H,2,7-9H2,1H3. The smallest absolute Gasteiger partial charge is 0.389 e. The molecule has 0 fully saturated rings. The second-order valence-electron chi connectivity index (χ2n) is 4.06. The second kappa shape index (κ2) is 6.64. The minimum atomic E-state index is -4.25. The van der Waals surface area contributed by atoms with Crippen LogP contribution in [-0.4, -0.2) is 17.9 Å². The molecule has 0 aromatic heterocycles. The van der Waals surface area contributed by atoms with E-state index in [0.717, 1.165) is 6.42 Å². The van der Waals surface area contributed by atoms with Gasteiger partial charge < -0.3 is 9.84 Å². The Morgan fingerprint density at radius 3 is 2.56 bits per heavy atom. The molecule has 2 nitrogen and oxygen atoms in total. The zero-order valence-corrected chi connectivity index (χ0v) is 10.2. The molecule has 102 valence electrons. The largest absolute Gasteiger partial charge is 0.493 e. The Morgan fingerprint density at radius 1 is 1.28 bits per heavy atom. The average Bonchev–Trinajstić information content (AvgIpc) is 2.33. The highest BCUT2D eigenvalue weighted by atomic mass is 19.4. The maximum atomic E-state index is 12.1. The van der Waals surface area contributed by atoms with Gasteiger partial charge in [-0.15, -0.1) is 0 Å². The number of hydrogen-bond donors (Lipinski definition) is 1. The summed E-state index contributed by atoms with van der Waals surface area (Å²) in [5.41, 5.74) is 0.412. The van der Waals surface area contributed by atoms with E-state index in [1.54, 1.807) is 24.3 Å². The van der Waals surface area contributed by atoms with E-state index in [-0.39, 0.29) is 6.42 Å². The Kier molecular flexibility index (Phi) is 5.47. The summed E-state index contributed by atoms with van der Waals surface area (Å²) in [6.07, 6.45) is -5.96. The number of rotatable bonds is 6. The fourth-order valence-corrected chi connectivity index (χ4v) is 1.56. The van der Waals surface area contributed by atoms with Gasteiger partial charge in [0.2, 0.25) is 0 Å². The summed E-state index contributed by atoms with van der Waals surface area (Å²) < 4.78 is 41.7. The summed E-state index contributed by atoms with van der Waals surface area (Å²) in [6.45, 7) is 2.41. The highest BCUT2D eigenvalue weighted by molar-refractivity contribution is 5.35. The van der Waals surface area contributed by atoms with Crippen molar-refractivity contribution in [2.75, 3.05) is 6.61 Å². The fourth-order valence-electron chi connectivity index (χ4n) is 1.56. The van der Waals surface area contributed by atoms with Gasteiger partial charge in [0, 0.05) is 12.0 Å². The van der Waals surface area contributed by atoms with E-state index < -0.39 is 18.7 Å². The van der Waals surface area contributed by atoms with Crippen molar-refractivity contribution >= 4 is 0 Å². The van der Waals surface area contributed by atoms with Crippen molar-refractivity contribution in [1.82, 2.24) is 0 Å². The van der Waals surface area contributed by atoms with E-state index in [0.29, 0.717) is 17.9 Å². The van der Waals surface area contributed by atoms with Crippen LogP contribution in [0.15, 0.2) is 24.3 Å². The lowest BCUT2D eigenvalue weighted by Crippen LogP contribution is -2.11. The van der Waals surface area contributed by atoms with Crippen LogP contribution in [0, 0.1) is 0 Å². The van der Waals surface area contributed by atoms with Crippen LogP contribution in [0.5, 0.6) is 5.75 Å². The first-order valence-electron chi connectivity index (χ1n) is 5.90. The third-order valence-electron chi connectivity index (χ3n) is 2.44. The van der Waals surface area contributed by atoms with Gasteiger partial charge >= 0.3 is 6.18 Å². The number of alkyl halides is 3. The van der Waals surface area contributed by atoms with Crippen LogP contribution in [0.1, 0.15) is 37.9 Å². The van der Waals surface area contributed by atoms with Crippen LogP contribution in [0.25, 0.3) is 0 Å². The van der Waals surface area contributed by atoms with Crippen LogP contribution < -0.4 is 4.74 Å². The Balaban J connectivity index is 2.69. The van der Waals surface area contributed by atoms with Crippen molar-refractivity contribution in [1.29, 1.82) is 0 Å². The SMILES string of the molecule is CCCOc1ccccc1C(O)CCC(F)(F)F. The highest BCUT2D eigenvalue weighted by Crippen LogP contribution is 2.31. The molecule has 0 aliphatic carbocycles. The van der Waals surface area contributed by atoms with Crippen molar-refractivity contribution in [3.63, 3.8) is 0 Å². The molecule has 0 saturated heterocycles. The normalized spacial score (nSPS) is 13.4. The molecule has 18 heavy (non-hydrogen) atoms. The number of benzene rings is 1. The van der Waals surface area contributed by atoms with Crippen molar-refractivity contribution in [3.05, 3.63) is 29.8 Å². The zero-order valence-electron chi connectivity index (χ0n) is 10.2. The molecule has 0 aliphatic heterocycles. The first-order valence-corrected chi connectivity index (χ1v) is 5.90. The molecule has 0 saturated carbocycles. The van der Waals surface area contributed by atoms with E-state index in [2.05, 4.69) is 0 Å². The molecule has 0 amide bonds. The summed E-state index contributed by atoms with van der Waals surface area (Å²) >= 11 is 0. The lowest BCUT2D eigenvalue weighted by atomic mass is 10.0. The summed E-state index contributed by atoms with van der Waals surface area (Å²) in [7, 11) is 0. The van der Waals surface area contributed by atoms with Gasteiger partial charge in [-0.25, -0.2) is 0 Å². The maximum absolute atomic E-state index is 12.1. The summed E-state index contributed by atoms with van der Waals surface area (Å²) in [6, 6.07) is 6.64. The Hall–Kier alpha value is -1.23. The van der Waals surface area contributed by atoms with Crippen molar-refractivity contribution < 1.29 is 23.0 Å². The minimum absolute atomic E-state index is 0.351. The quantitative estimate of drug-likeness (QED) is 0.843. The first kappa shape index (κ1) is 14.8. The number of aliphatic hydroxyl groups is 1. The monoisotopic (exact) mass is 262 g/mol. The highest BCUT2D eigenvalue weighted by Gasteiger charge is 2.28. The minimum Gasteiger partial charge on any atom is -0.493 e. The van der Waals surface area contributed by atoms with Gasteiger partial charge in [0.15, 0.2) is 0 Å². The first-order chi connectivity index (χ1) is 8.44. The van der Waals surface area contributed by atoms with Gasteiger partial charge in [0.1, 0.15) is 5.75 Å². The lowest BCUT2D eigenvalue weighted by Gasteiger charge is -2.16. The van der Waals surface area contributed by atoms with Gasteiger partial charge in [-0.3, -0.25) is 0 Å². The molecule has 0 spiro atoms. The Labute approximate surface area is 104 Å². The summed E-state index contributed by atoms with van der Waals surface area (Å²) in [5.74, 6) is 0.453. The molecule has 0 radical (unpaired) electrons. The number of halogens is 3. The van der Waals surface area contributed by atoms with Crippen LogP contribution >= 0.6 is 0 Å². The Bertz CT molecular complexity index is 363. The van der Waals surface area contributed by atoms with Crippen molar-refractivity contribution in [2.45, 2.75) is 38.5 Å². The van der Waals surface area contributed by atoms with E-state index in [1.807, 2.05) is 6.92 Å². The second-order valence-corrected chi connectivity index (χ2v) is 4.06. The molecule has 1 N–H and O–H groups in total. The van der Waals surface area contributed by atoms with Crippen molar-refractivity contribution in [3.8, 4) is 5.75 Å².